The average molecular weight is 301 g/mol. The first-order valence-corrected chi connectivity index (χ1v) is 8.67. The van der Waals surface area contributed by atoms with Gasteiger partial charge in [-0.05, 0) is 55.3 Å². The monoisotopic (exact) mass is 301 g/mol. The highest BCUT2D eigenvalue weighted by molar-refractivity contribution is 5.61. The first-order valence-electron chi connectivity index (χ1n) is 8.67. The van der Waals surface area contributed by atoms with E-state index in [1.165, 1.54) is 55.6 Å². The van der Waals surface area contributed by atoms with Crippen LogP contribution < -0.4 is 11.1 Å². The number of hydrogen-bond acceptors (Lipinski definition) is 4. The fourth-order valence-corrected chi connectivity index (χ4v) is 4.36. The number of anilines is 1. The first-order chi connectivity index (χ1) is 10.8. The van der Waals surface area contributed by atoms with Crippen molar-refractivity contribution in [3.8, 4) is 0 Å². The molecule has 3 aliphatic rings. The Kier molecular flexibility index (Phi) is 3.84. The van der Waals surface area contributed by atoms with Crippen molar-refractivity contribution in [3.63, 3.8) is 0 Å². The molecule has 0 aliphatic carbocycles. The van der Waals surface area contributed by atoms with Gasteiger partial charge < -0.3 is 15.8 Å². The maximum absolute atomic E-state index is 5.86. The summed E-state index contributed by atoms with van der Waals surface area (Å²) in [6.45, 7) is 6.13. The Balaban J connectivity index is 1.38. The molecule has 4 heteroatoms. The van der Waals surface area contributed by atoms with Crippen LogP contribution in [0.3, 0.4) is 0 Å². The highest BCUT2D eigenvalue weighted by Crippen LogP contribution is 2.42. The summed E-state index contributed by atoms with van der Waals surface area (Å²) in [5.74, 6) is 0. The van der Waals surface area contributed by atoms with Crippen molar-refractivity contribution < 1.29 is 4.74 Å². The Labute approximate surface area is 133 Å². The van der Waals surface area contributed by atoms with Crippen LogP contribution in [0.4, 0.5) is 5.69 Å². The van der Waals surface area contributed by atoms with E-state index in [9.17, 15) is 0 Å². The molecule has 2 saturated heterocycles. The number of nitrogens with two attached hydrogens (primary N) is 1. The maximum atomic E-state index is 5.86. The van der Waals surface area contributed by atoms with Crippen LogP contribution in [-0.2, 0) is 17.7 Å². The summed E-state index contributed by atoms with van der Waals surface area (Å²) in [5, 5.41) is 3.56. The lowest BCUT2D eigenvalue weighted by molar-refractivity contribution is 0.0649. The van der Waals surface area contributed by atoms with Crippen LogP contribution in [0.5, 0.6) is 0 Å². The van der Waals surface area contributed by atoms with Gasteiger partial charge in [0.1, 0.15) is 0 Å². The van der Waals surface area contributed by atoms with Gasteiger partial charge in [0.25, 0.3) is 0 Å². The third-order valence-corrected chi connectivity index (χ3v) is 5.79. The van der Waals surface area contributed by atoms with Gasteiger partial charge in [0, 0.05) is 25.3 Å². The van der Waals surface area contributed by atoms with Crippen LogP contribution in [0.2, 0.25) is 0 Å². The van der Waals surface area contributed by atoms with Crippen molar-refractivity contribution in [2.24, 2.45) is 11.1 Å². The molecule has 1 unspecified atom stereocenters. The van der Waals surface area contributed by atoms with Crippen LogP contribution in [-0.4, -0.2) is 43.8 Å². The Morgan fingerprint density at radius 3 is 2.95 bits per heavy atom. The van der Waals surface area contributed by atoms with Crippen molar-refractivity contribution in [1.29, 1.82) is 0 Å². The molecule has 0 radical (unpaired) electrons. The lowest BCUT2D eigenvalue weighted by atomic mass is 9.76. The van der Waals surface area contributed by atoms with Gasteiger partial charge in [-0.2, -0.15) is 0 Å². The van der Waals surface area contributed by atoms with Gasteiger partial charge in [-0.25, -0.2) is 0 Å². The third-order valence-electron chi connectivity index (χ3n) is 5.79. The van der Waals surface area contributed by atoms with Gasteiger partial charge >= 0.3 is 0 Å². The van der Waals surface area contributed by atoms with E-state index in [1.807, 2.05) is 0 Å². The lowest BCUT2D eigenvalue weighted by Gasteiger charge is -2.38. The van der Waals surface area contributed by atoms with Crippen molar-refractivity contribution in [2.75, 3.05) is 38.1 Å². The smallest absolute Gasteiger partial charge is 0.0703 e. The minimum atomic E-state index is 0.299. The van der Waals surface area contributed by atoms with Crippen LogP contribution in [0, 0.1) is 5.41 Å². The number of ether oxygens (including phenoxy) is 1. The molecular weight excluding hydrogens is 274 g/mol. The van der Waals surface area contributed by atoms with E-state index in [-0.39, 0.29) is 0 Å². The molecule has 22 heavy (non-hydrogen) atoms. The SMILES string of the molecule is NCC1CC2(CCN(Cc3cccc4c3NCC4)CC2)CO1. The molecule has 0 aromatic heterocycles. The number of nitrogens with zero attached hydrogens (tertiary/aromatic N) is 1. The first kappa shape index (κ1) is 14.5. The standard InChI is InChI=1S/C18H27N3O/c19-11-16-10-18(13-22-16)5-8-21(9-6-18)12-15-3-1-2-14-4-7-20-17(14)15/h1-3,16,20H,4-13,19H2. The molecule has 1 aromatic rings. The highest BCUT2D eigenvalue weighted by atomic mass is 16.5. The molecule has 1 spiro atoms. The van der Waals surface area contributed by atoms with E-state index >= 15 is 0 Å². The highest BCUT2D eigenvalue weighted by Gasteiger charge is 2.41. The normalized spacial score (nSPS) is 27.0. The average Bonchev–Trinajstić information content (AvgIpc) is 3.18. The molecule has 0 amide bonds. The molecule has 3 aliphatic heterocycles. The Bertz CT molecular complexity index is 537. The summed E-state index contributed by atoms with van der Waals surface area (Å²) in [6.07, 6.45) is 5.15. The van der Waals surface area contributed by atoms with E-state index in [1.54, 1.807) is 0 Å². The zero-order chi connectivity index (χ0) is 15.0. The summed E-state index contributed by atoms with van der Waals surface area (Å²) < 4.78 is 5.86. The predicted octanol–water partition coefficient (Wildman–Crippen LogP) is 1.98. The van der Waals surface area contributed by atoms with E-state index in [4.69, 9.17) is 10.5 Å². The molecule has 3 N–H and O–H groups in total. The van der Waals surface area contributed by atoms with E-state index < -0.39 is 0 Å². The van der Waals surface area contributed by atoms with Gasteiger partial charge in [-0.15, -0.1) is 0 Å². The summed E-state index contributed by atoms with van der Waals surface area (Å²) in [7, 11) is 0. The van der Waals surface area contributed by atoms with Gasteiger partial charge in [-0.1, -0.05) is 18.2 Å². The summed E-state index contributed by atoms with van der Waals surface area (Å²) in [5.41, 5.74) is 10.5. The third kappa shape index (κ3) is 2.64. The van der Waals surface area contributed by atoms with Gasteiger partial charge in [-0.3, -0.25) is 4.90 Å². The van der Waals surface area contributed by atoms with Crippen LogP contribution in [0.25, 0.3) is 0 Å². The molecule has 4 rings (SSSR count). The van der Waals surface area contributed by atoms with Crippen molar-refractivity contribution in [1.82, 2.24) is 4.90 Å². The lowest BCUT2D eigenvalue weighted by Crippen LogP contribution is -2.40. The quantitative estimate of drug-likeness (QED) is 0.896. The zero-order valence-electron chi connectivity index (χ0n) is 13.3. The largest absolute Gasteiger partial charge is 0.384 e. The summed E-state index contributed by atoms with van der Waals surface area (Å²) in [4.78, 5) is 2.61. The molecule has 0 saturated carbocycles. The molecule has 0 bridgehead atoms. The molecule has 3 heterocycles. The van der Waals surface area contributed by atoms with Gasteiger partial charge in [0.15, 0.2) is 0 Å². The minimum absolute atomic E-state index is 0.299. The van der Waals surface area contributed by atoms with Gasteiger partial charge in [0.05, 0.1) is 12.7 Å². The van der Waals surface area contributed by atoms with Crippen molar-refractivity contribution in [2.45, 2.75) is 38.3 Å². The number of likely N-dealkylation sites (tertiary alicyclic amines) is 1. The second kappa shape index (κ2) is 5.84. The van der Waals surface area contributed by atoms with Crippen LogP contribution >= 0.6 is 0 Å². The second-order valence-electron chi connectivity index (χ2n) is 7.28. The Morgan fingerprint density at radius 1 is 1.32 bits per heavy atom. The molecule has 1 aromatic carbocycles. The molecule has 120 valence electrons. The zero-order valence-corrected chi connectivity index (χ0v) is 13.3. The summed E-state index contributed by atoms with van der Waals surface area (Å²) in [6, 6.07) is 6.75. The predicted molar refractivity (Wildman–Crippen MR) is 89.0 cm³/mol. The summed E-state index contributed by atoms with van der Waals surface area (Å²) >= 11 is 0. The topological polar surface area (TPSA) is 50.5 Å². The maximum Gasteiger partial charge on any atom is 0.0703 e. The Hall–Kier alpha value is -1.10. The Morgan fingerprint density at radius 2 is 2.18 bits per heavy atom. The number of fused-ring (bicyclic) bond motifs is 1. The van der Waals surface area contributed by atoms with E-state index in [0.29, 0.717) is 18.1 Å². The number of benzene rings is 1. The second-order valence-corrected chi connectivity index (χ2v) is 7.28. The number of rotatable bonds is 3. The van der Waals surface area contributed by atoms with Crippen LogP contribution in [0.15, 0.2) is 18.2 Å². The van der Waals surface area contributed by atoms with Crippen LogP contribution in [0.1, 0.15) is 30.4 Å². The van der Waals surface area contributed by atoms with Gasteiger partial charge in [0.2, 0.25) is 0 Å². The van der Waals surface area contributed by atoms with Crippen molar-refractivity contribution in [3.05, 3.63) is 29.3 Å². The molecule has 4 nitrogen and oxygen atoms in total. The minimum Gasteiger partial charge on any atom is -0.384 e. The van der Waals surface area contributed by atoms with Crippen molar-refractivity contribution >= 4 is 5.69 Å². The molecule has 2 fully saturated rings. The fraction of sp³-hybridized carbons (Fsp3) is 0.667. The number of piperidine rings is 1. The van der Waals surface area contributed by atoms with E-state index in [2.05, 4.69) is 28.4 Å². The fourth-order valence-electron chi connectivity index (χ4n) is 4.36. The van der Waals surface area contributed by atoms with E-state index in [0.717, 1.165) is 19.7 Å². The molecular formula is C18H27N3O. The number of hydrogen-bond donors (Lipinski definition) is 2. The number of nitrogens with one attached hydrogen (secondary N) is 1. The number of para-hydroxylation sites is 1. The molecule has 1 atom stereocenters.